The van der Waals surface area contributed by atoms with Crippen LogP contribution in [-0.2, 0) is 0 Å². The van der Waals surface area contributed by atoms with Gasteiger partial charge < -0.3 is 10.6 Å². The topological polar surface area (TPSA) is 67.7 Å². The number of fused-ring (bicyclic) bond motifs is 3. The van der Waals surface area contributed by atoms with E-state index in [0.717, 1.165) is 49.2 Å². The Morgan fingerprint density at radius 1 is 1.25 bits per heavy atom. The number of hydrogen-bond acceptors (Lipinski definition) is 5. The van der Waals surface area contributed by atoms with Crippen molar-refractivity contribution in [3.8, 4) is 11.5 Å². The van der Waals surface area contributed by atoms with Crippen molar-refractivity contribution in [3.05, 3.63) is 23.9 Å². The van der Waals surface area contributed by atoms with Crippen LogP contribution < -0.4 is 10.6 Å². The minimum absolute atomic E-state index is 0.457. The predicted octanol–water partition coefficient (Wildman–Crippen LogP) is 1.22. The molecule has 0 spiro atoms. The van der Waals surface area contributed by atoms with Crippen LogP contribution in [0.15, 0.2) is 18.2 Å². The number of nitrogens with zero attached hydrogens (tertiary/aromatic N) is 4. The molecular formula is C14H18N6. The van der Waals surface area contributed by atoms with Crippen LogP contribution in [0.2, 0.25) is 0 Å². The van der Waals surface area contributed by atoms with Gasteiger partial charge in [0.25, 0.3) is 0 Å². The maximum atomic E-state index is 4.70. The summed E-state index contributed by atoms with van der Waals surface area (Å²) in [6.07, 6.45) is 1.11. The number of rotatable bonds is 1. The van der Waals surface area contributed by atoms with E-state index in [0.29, 0.717) is 12.0 Å². The summed E-state index contributed by atoms with van der Waals surface area (Å²) in [5, 5.41) is 11.5. The van der Waals surface area contributed by atoms with Gasteiger partial charge in [-0.15, -0.1) is 5.10 Å². The minimum atomic E-state index is 0.457. The Bertz CT molecular complexity index is 634. The Morgan fingerprint density at radius 2 is 2.20 bits per heavy atom. The highest BCUT2D eigenvalue weighted by Gasteiger charge is 2.33. The number of piperidine rings is 1. The second-order valence-electron chi connectivity index (χ2n) is 5.57. The molecule has 2 aliphatic rings. The zero-order valence-electron chi connectivity index (χ0n) is 11.5. The van der Waals surface area contributed by atoms with Gasteiger partial charge in [0.05, 0.1) is 6.04 Å². The largest absolute Gasteiger partial charge is 0.354 e. The summed E-state index contributed by atoms with van der Waals surface area (Å²) in [6.45, 7) is 5.06. The molecule has 6 nitrogen and oxygen atoms in total. The van der Waals surface area contributed by atoms with Gasteiger partial charge in [0.15, 0.2) is 0 Å². The van der Waals surface area contributed by atoms with E-state index in [4.69, 9.17) is 5.10 Å². The van der Waals surface area contributed by atoms with Crippen LogP contribution in [0.25, 0.3) is 11.5 Å². The van der Waals surface area contributed by atoms with Crippen LogP contribution in [0.5, 0.6) is 0 Å². The molecule has 104 valence electrons. The lowest BCUT2D eigenvalue weighted by molar-refractivity contribution is 0.237. The molecule has 2 N–H and O–H groups in total. The zero-order chi connectivity index (χ0) is 13.5. The molecule has 2 aromatic rings. The van der Waals surface area contributed by atoms with Gasteiger partial charge >= 0.3 is 0 Å². The lowest BCUT2D eigenvalue weighted by Crippen LogP contribution is -2.44. The van der Waals surface area contributed by atoms with Crippen molar-refractivity contribution in [2.24, 2.45) is 5.92 Å². The van der Waals surface area contributed by atoms with Gasteiger partial charge in [-0.1, -0.05) is 6.07 Å². The van der Waals surface area contributed by atoms with Crippen LogP contribution in [0.1, 0.15) is 18.2 Å². The van der Waals surface area contributed by atoms with Gasteiger partial charge in [0.1, 0.15) is 5.69 Å². The van der Waals surface area contributed by atoms with Gasteiger partial charge in [-0.25, -0.2) is 9.67 Å². The first-order valence-electron chi connectivity index (χ1n) is 7.16. The fourth-order valence-electron chi connectivity index (χ4n) is 3.11. The molecule has 0 aromatic carbocycles. The number of nitrogens with one attached hydrogen (secondary N) is 2. The molecule has 4 heterocycles. The number of pyridine rings is 1. The van der Waals surface area contributed by atoms with E-state index >= 15 is 0 Å². The molecule has 20 heavy (non-hydrogen) atoms. The Hall–Kier alpha value is -1.95. The molecule has 1 saturated heterocycles. The van der Waals surface area contributed by atoms with Gasteiger partial charge in [0.2, 0.25) is 11.8 Å². The van der Waals surface area contributed by atoms with E-state index < -0.39 is 0 Å². The molecule has 2 aromatic heterocycles. The Morgan fingerprint density at radius 3 is 3.10 bits per heavy atom. The molecule has 2 unspecified atom stereocenters. The summed E-state index contributed by atoms with van der Waals surface area (Å²) in [7, 11) is 0. The highest BCUT2D eigenvalue weighted by Crippen LogP contribution is 2.32. The van der Waals surface area contributed by atoms with Crippen molar-refractivity contribution < 1.29 is 0 Å². The second-order valence-corrected chi connectivity index (χ2v) is 5.57. The lowest BCUT2D eigenvalue weighted by atomic mass is 9.92. The number of anilines is 1. The molecule has 6 heteroatoms. The first-order chi connectivity index (χ1) is 9.81. The Labute approximate surface area is 117 Å². The zero-order valence-corrected chi connectivity index (χ0v) is 11.5. The SMILES string of the molecule is Cc1cccc(-c2nc3n(n2)C2CCNCC2CN3)n1. The van der Waals surface area contributed by atoms with Crippen LogP contribution >= 0.6 is 0 Å². The second kappa shape index (κ2) is 4.56. The number of aryl methyl sites for hydroxylation is 1. The van der Waals surface area contributed by atoms with Crippen molar-refractivity contribution in [2.45, 2.75) is 19.4 Å². The highest BCUT2D eigenvalue weighted by atomic mass is 15.4. The molecule has 0 bridgehead atoms. The highest BCUT2D eigenvalue weighted by molar-refractivity contribution is 5.51. The molecule has 0 amide bonds. The quantitative estimate of drug-likeness (QED) is 0.815. The first-order valence-corrected chi connectivity index (χ1v) is 7.16. The van der Waals surface area contributed by atoms with Crippen molar-refractivity contribution in [1.29, 1.82) is 0 Å². The monoisotopic (exact) mass is 270 g/mol. The summed E-state index contributed by atoms with van der Waals surface area (Å²) in [5.74, 6) is 2.19. The van der Waals surface area contributed by atoms with E-state index in [9.17, 15) is 0 Å². The fraction of sp³-hybridized carbons (Fsp3) is 0.500. The fourth-order valence-corrected chi connectivity index (χ4v) is 3.11. The van der Waals surface area contributed by atoms with Crippen molar-refractivity contribution in [2.75, 3.05) is 25.0 Å². The summed E-state index contributed by atoms with van der Waals surface area (Å²) in [6, 6.07) is 6.41. The van der Waals surface area contributed by atoms with E-state index in [1.807, 2.05) is 25.1 Å². The van der Waals surface area contributed by atoms with Crippen molar-refractivity contribution >= 4 is 5.95 Å². The third-order valence-electron chi connectivity index (χ3n) is 4.15. The summed E-state index contributed by atoms with van der Waals surface area (Å²) >= 11 is 0. The summed E-state index contributed by atoms with van der Waals surface area (Å²) in [4.78, 5) is 9.12. The molecule has 4 rings (SSSR count). The average Bonchev–Trinajstić information content (AvgIpc) is 2.92. The maximum absolute atomic E-state index is 4.70. The predicted molar refractivity (Wildman–Crippen MR) is 76.5 cm³/mol. The molecule has 1 fully saturated rings. The summed E-state index contributed by atoms with van der Waals surface area (Å²) in [5.41, 5.74) is 1.84. The van der Waals surface area contributed by atoms with E-state index in [1.165, 1.54) is 0 Å². The third kappa shape index (κ3) is 1.87. The number of hydrogen-bond donors (Lipinski definition) is 2. The molecular weight excluding hydrogens is 252 g/mol. The standard InChI is InChI=1S/C14H18N6/c1-9-3-2-4-11(17-9)13-18-14-16-8-10-7-15-6-5-12(10)20(14)19-13/h2-4,10,12,15H,5-8H2,1H3,(H,16,18,19). The van der Waals surface area contributed by atoms with Crippen LogP contribution in [0.3, 0.4) is 0 Å². The van der Waals surface area contributed by atoms with Gasteiger partial charge in [-0.2, -0.15) is 4.98 Å². The van der Waals surface area contributed by atoms with Gasteiger partial charge in [-0.3, -0.25) is 0 Å². The minimum Gasteiger partial charge on any atom is -0.354 e. The molecule has 0 saturated carbocycles. The smallest absolute Gasteiger partial charge is 0.222 e. The van der Waals surface area contributed by atoms with Crippen molar-refractivity contribution in [1.82, 2.24) is 25.1 Å². The Kier molecular flexibility index (Phi) is 2.70. The van der Waals surface area contributed by atoms with E-state index in [-0.39, 0.29) is 0 Å². The normalized spacial score (nSPS) is 24.6. The maximum Gasteiger partial charge on any atom is 0.222 e. The summed E-state index contributed by atoms with van der Waals surface area (Å²) < 4.78 is 2.06. The molecule has 2 atom stereocenters. The van der Waals surface area contributed by atoms with Crippen LogP contribution in [0.4, 0.5) is 5.95 Å². The molecule has 0 aliphatic carbocycles. The Balaban J connectivity index is 1.73. The molecule has 2 aliphatic heterocycles. The van der Waals surface area contributed by atoms with Crippen LogP contribution in [0, 0.1) is 12.8 Å². The molecule has 0 radical (unpaired) electrons. The average molecular weight is 270 g/mol. The number of aromatic nitrogens is 4. The first kappa shape index (κ1) is 11.8. The van der Waals surface area contributed by atoms with Gasteiger partial charge in [-0.05, 0) is 32.0 Å². The van der Waals surface area contributed by atoms with E-state index in [2.05, 4.69) is 25.3 Å². The van der Waals surface area contributed by atoms with E-state index in [1.54, 1.807) is 0 Å². The van der Waals surface area contributed by atoms with Gasteiger partial charge in [0, 0.05) is 24.7 Å². The lowest BCUT2D eigenvalue weighted by Gasteiger charge is -2.36. The third-order valence-corrected chi connectivity index (χ3v) is 4.15. The van der Waals surface area contributed by atoms with Crippen molar-refractivity contribution in [3.63, 3.8) is 0 Å². The van der Waals surface area contributed by atoms with Crippen LogP contribution in [-0.4, -0.2) is 39.4 Å².